The van der Waals surface area contributed by atoms with Crippen LogP contribution in [0.15, 0.2) is 42.7 Å². The third-order valence-electron chi connectivity index (χ3n) is 5.34. The maximum Gasteiger partial charge on any atom is 0.232 e. The lowest BCUT2D eigenvalue weighted by Gasteiger charge is -2.14. The van der Waals surface area contributed by atoms with Gasteiger partial charge < -0.3 is 11.5 Å². The van der Waals surface area contributed by atoms with Crippen molar-refractivity contribution in [3.05, 3.63) is 54.1 Å². The Balaban J connectivity index is 1.80. The molecule has 35 heavy (non-hydrogen) atoms. The minimum absolute atomic E-state index is 0.121. The van der Waals surface area contributed by atoms with E-state index in [0.717, 1.165) is 5.56 Å². The number of halogens is 2. The topological polar surface area (TPSA) is 150 Å². The van der Waals surface area contributed by atoms with Gasteiger partial charge in [-0.1, -0.05) is 19.1 Å². The molecule has 0 saturated heterocycles. The molecule has 0 spiro atoms. The number of aryl methyl sites for hydroxylation is 1. The molecular formula is C23H23F2N7O2S. The molecule has 0 fully saturated rings. The van der Waals surface area contributed by atoms with E-state index in [1.54, 1.807) is 12.1 Å². The minimum atomic E-state index is -3.89. The fourth-order valence-electron chi connectivity index (χ4n) is 3.63. The molecule has 4 rings (SSSR count). The van der Waals surface area contributed by atoms with Gasteiger partial charge in [0, 0.05) is 23.3 Å². The Morgan fingerprint density at radius 1 is 1.06 bits per heavy atom. The number of benzene rings is 2. The van der Waals surface area contributed by atoms with Gasteiger partial charge in [-0.15, -0.1) is 0 Å². The van der Waals surface area contributed by atoms with E-state index in [1.165, 1.54) is 30.6 Å². The van der Waals surface area contributed by atoms with Crippen molar-refractivity contribution in [1.82, 2.24) is 19.9 Å². The van der Waals surface area contributed by atoms with E-state index in [0.29, 0.717) is 34.3 Å². The number of hydrogen-bond donors (Lipinski definition) is 3. The smallest absolute Gasteiger partial charge is 0.232 e. The molecule has 0 amide bonds. The van der Waals surface area contributed by atoms with Crippen LogP contribution in [-0.4, -0.2) is 40.8 Å². The molecule has 2 aromatic heterocycles. The van der Waals surface area contributed by atoms with Crippen molar-refractivity contribution in [3.63, 3.8) is 0 Å². The predicted molar refractivity (Wildman–Crippen MR) is 132 cm³/mol. The van der Waals surface area contributed by atoms with Gasteiger partial charge >= 0.3 is 0 Å². The lowest BCUT2D eigenvalue weighted by Crippen LogP contribution is -2.18. The first kappa shape index (κ1) is 24.2. The van der Waals surface area contributed by atoms with Crippen molar-refractivity contribution in [2.45, 2.75) is 19.8 Å². The Kier molecular flexibility index (Phi) is 6.74. The van der Waals surface area contributed by atoms with Crippen molar-refractivity contribution in [1.29, 1.82) is 0 Å². The highest BCUT2D eigenvalue weighted by molar-refractivity contribution is 7.92. The summed E-state index contributed by atoms with van der Waals surface area (Å²) < 4.78 is 54.3. The molecule has 9 nitrogen and oxygen atoms in total. The maximum absolute atomic E-state index is 15.4. The van der Waals surface area contributed by atoms with Crippen LogP contribution in [0, 0.1) is 5.82 Å². The molecule has 0 bridgehead atoms. The molecule has 0 radical (unpaired) electrons. The summed E-state index contributed by atoms with van der Waals surface area (Å²) in [6.45, 7) is 1.14. The SMILES string of the molecule is CCc1cc(-c2cccc(NS(=O)(=O)CCCF)c2F)cc2c(N)nc(-c3cnc(N)nc3)nc12. The molecule has 4 aromatic rings. The average Bonchev–Trinajstić information content (AvgIpc) is 2.84. The lowest BCUT2D eigenvalue weighted by atomic mass is 9.97. The fraction of sp³-hybridized carbons (Fsp3) is 0.217. The van der Waals surface area contributed by atoms with Crippen LogP contribution in [0.25, 0.3) is 33.4 Å². The highest BCUT2D eigenvalue weighted by atomic mass is 32.2. The molecule has 0 atom stereocenters. The van der Waals surface area contributed by atoms with E-state index in [9.17, 15) is 12.8 Å². The van der Waals surface area contributed by atoms with Gasteiger partial charge in [-0.25, -0.2) is 32.7 Å². The molecule has 0 aliphatic heterocycles. The number of nitrogens with two attached hydrogens (primary N) is 2. The Morgan fingerprint density at radius 2 is 1.80 bits per heavy atom. The van der Waals surface area contributed by atoms with E-state index >= 15 is 4.39 Å². The second kappa shape index (κ2) is 9.74. The Morgan fingerprint density at radius 3 is 2.49 bits per heavy atom. The summed E-state index contributed by atoms with van der Waals surface area (Å²) >= 11 is 0. The van der Waals surface area contributed by atoms with Crippen LogP contribution in [0.1, 0.15) is 18.9 Å². The number of fused-ring (bicyclic) bond motifs is 1. The second-order valence-electron chi connectivity index (χ2n) is 7.78. The number of sulfonamides is 1. The predicted octanol–water partition coefficient (Wildman–Crippen LogP) is 3.72. The van der Waals surface area contributed by atoms with E-state index in [2.05, 4.69) is 24.7 Å². The number of anilines is 3. The number of alkyl halides is 1. The minimum Gasteiger partial charge on any atom is -0.383 e. The number of hydrogen-bond acceptors (Lipinski definition) is 8. The Hall–Kier alpha value is -3.93. The summed E-state index contributed by atoms with van der Waals surface area (Å²) in [4.78, 5) is 16.9. The van der Waals surface area contributed by atoms with Crippen molar-refractivity contribution >= 4 is 38.4 Å². The number of aromatic nitrogens is 4. The fourth-order valence-corrected chi connectivity index (χ4v) is 4.72. The van der Waals surface area contributed by atoms with Crippen LogP contribution >= 0.6 is 0 Å². The summed E-state index contributed by atoms with van der Waals surface area (Å²) in [7, 11) is -3.89. The van der Waals surface area contributed by atoms with E-state index in [4.69, 9.17) is 11.5 Å². The summed E-state index contributed by atoms with van der Waals surface area (Å²) in [5, 5.41) is 0.521. The van der Waals surface area contributed by atoms with Gasteiger partial charge in [0.25, 0.3) is 0 Å². The van der Waals surface area contributed by atoms with Crippen molar-refractivity contribution in [2.24, 2.45) is 0 Å². The number of rotatable bonds is 8. The number of nitrogens with zero attached hydrogens (tertiary/aromatic N) is 4. The molecule has 0 aliphatic carbocycles. The van der Waals surface area contributed by atoms with Crippen LogP contribution in [-0.2, 0) is 16.4 Å². The molecular weight excluding hydrogens is 476 g/mol. The third-order valence-corrected chi connectivity index (χ3v) is 6.70. The molecule has 182 valence electrons. The van der Waals surface area contributed by atoms with Gasteiger partial charge in [0.1, 0.15) is 5.82 Å². The summed E-state index contributed by atoms with van der Waals surface area (Å²) in [5.41, 5.74) is 14.2. The molecule has 5 N–H and O–H groups in total. The third kappa shape index (κ3) is 5.11. The zero-order valence-electron chi connectivity index (χ0n) is 18.8. The van der Waals surface area contributed by atoms with Crippen LogP contribution in [0.4, 0.5) is 26.2 Å². The number of nitrogen functional groups attached to an aromatic ring is 2. The van der Waals surface area contributed by atoms with Crippen LogP contribution < -0.4 is 16.2 Å². The molecule has 0 saturated carbocycles. The van der Waals surface area contributed by atoms with Crippen molar-refractivity contribution in [2.75, 3.05) is 28.6 Å². The Bertz CT molecular complexity index is 1500. The van der Waals surface area contributed by atoms with Gasteiger partial charge in [-0.3, -0.25) is 9.11 Å². The highest BCUT2D eigenvalue weighted by Crippen LogP contribution is 2.34. The largest absolute Gasteiger partial charge is 0.383 e. The van der Waals surface area contributed by atoms with Crippen molar-refractivity contribution in [3.8, 4) is 22.5 Å². The van der Waals surface area contributed by atoms with Gasteiger partial charge in [-0.2, -0.15) is 0 Å². The maximum atomic E-state index is 15.4. The first-order valence-electron chi connectivity index (χ1n) is 10.8. The van der Waals surface area contributed by atoms with E-state index < -0.39 is 28.3 Å². The molecule has 0 unspecified atom stereocenters. The van der Waals surface area contributed by atoms with Crippen LogP contribution in [0.2, 0.25) is 0 Å². The lowest BCUT2D eigenvalue weighted by molar-refractivity contribution is 0.484. The second-order valence-corrected chi connectivity index (χ2v) is 9.62. The van der Waals surface area contributed by atoms with Gasteiger partial charge in [-0.05, 0) is 42.2 Å². The van der Waals surface area contributed by atoms with Crippen LogP contribution in [0.5, 0.6) is 0 Å². The summed E-state index contributed by atoms with van der Waals surface area (Å²) in [6.07, 6.45) is 3.39. The molecule has 2 aromatic carbocycles. The summed E-state index contributed by atoms with van der Waals surface area (Å²) in [6, 6.07) is 7.81. The first-order chi connectivity index (χ1) is 16.7. The summed E-state index contributed by atoms with van der Waals surface area (Å²) in [5.74, 6) is -0.573. The van der Waals surface area contributed by atoms with E-state index in [1.807, 2.05) is 6.92 Å². The highest BCUT2D eigenvalue weighted by Gasteiger charge is 2.18. The monoisotopic (exact) mass is 499 g/mol. The van der Waals surface area contributed by atoms with Gasteiger partial charge in [0.15, 0.2) is 11.6 Å². The molecule has 0 aliphatic rings. The number of nitrogens with one attached hydrogen (secondary N) is 1. The van der Waals surface area contributed by atoms with E-state index in [-0.39, 0.29) is 29.4 Å². The zero-order valence-corrected chi connectivity index (χ0v) is 19.6. The standard InChI is InChI=1S/C23H23F2N7O2S/c1-2-13-9-14(16-5-3-6-18(19(16)25)32-35(33,34)8-4-7-24)10-17-20(13)30-22(31-21(17)26)15-11-28-23(27)29-12-15/h3,5-6,9-12,32H,2,4,7-8H2,1H3,(H2,26,30,31)(H2,27,28,29). The van der Waals surface area contributed by atoms with Crippen molar-refractivity contribution < 1.29 is 17.2 Å². The average molecular weight is 500 g/mol. The Labute approximate surface area is 200 Å². The van der Waals surface area contributed by atoms with Gasteiger partial charge in [0.2, 0.25) is 16.0 Å². The molecule has 2 heterocycles. The normalized spacial score (nSPS) is 11.6. The quantitative estimate of drug-likeness (QED) is 0.332. The molecule has 12 heteroatoms. The van der Waals surface area contributed by atoms with Crippen LogP contribution in [0.3, 0.4) is 0 Å². The van der Waals surface area contributed by atoms with Gasteiger partial charge in [0.05, 0.1) is 29.2 Å². The first-order valence-corrected chi connectivity index (χ1v) is 12.4. The zero-order chi connectivity index (χ0) is 25.2.